The van der Waals surface area contributed by atoms with Gasteiger partial charge in [-0.3, -0.25) is 5.32 Å². The van der Waals surface area contributed by atoms with Gasteiger partial charge in [0.1, 0.15) is 11.4 Å². The van der Waals surface area contributed by atoms with Crippen LogP contribution in [0, 0.1) is 0 Å². The van der Waals surface area contributed by atoms with E-state index in [0.717, 1.165) is 18.4 Å². The normalized spacial score (nSPS) is 16.4. The molecule has 5 nitrogen and oxygen atoms in total. The molecule has 0 aromatic heterocycles. The Morgan fingerprint density at radius 2 is 2.05 bits per heavy atom. The highest BCUT2D eigenvalue weighted by Gasteiger charge is 2.39. The van der Waals surface area contributed by atoms with E-state index in [1.165, 1.54) is 6.07 Å². The molecule has 0 saturated heterocycles. The zero-order valence-electron chi connectivity index (χ0n) is 12.8. The molecule has 0 spiro atoms. The number of amides is 1. The zero-order chi connectivity index (χ0) is 15.7. The molecule has 0 unspecified atom stereocenters. The van der Waals surface area contributed by atoms with Gasteiger partial charge in [0.05, 0.1) is 5.60 Å². The van der Waals surface area contributed by atoms with E-state index >= 15 is 0 Å². The van der Waals surface area contributed by atoms with Crippen LogP contribution in [0.25, 0.3) is 0 Å². The summed E-state index contributed by atoms with van der Waals surface area (Å²) in [5, 5.41) is 22.2. The maximum Gasteiger partial charge on any atom is 0.412 e. The molecule has 0 radical (unpaired) electrons. The van der Waals surface area contributed by atoms with Crippen LogP contribution in [0.3, 0.4) is 0 Å². The standard InChI is InChI=1S/C16H23NO4/c1-15(2,3)21-14(19)17-13-5-4-12(18)10-11(13)6-7-16(20)8-9-16/h4-5,10,18,20H,6-9H2,1-3H3,(H,17,19). The third-order valence-electron chi connectivity index (χ3n) is 3.41. The lowest BCUT2D eigenvalue weighted by Gasteiger charge is -2.20. The fourth-order valence-corrected chi connectivity index (χ4v) is 2.08. The van der Waals surface area contributed by atoms with Gasteiger partial charge in [0.25, 0.3) is 0 Å². The number of aliphatic hydroxyl groups is 1. The van der Waals surface area contributed by atoms with Gasteiger partial charge in [0, 0.05) is 5.69 Å². The SMILES string of the molecule is CC(C)(C)OC(=O)Nc1ccc(O)cc1CCC1(O)CC1. The molecular weight excluding hydrogens is 270 g/mol. The van der Waals surface area contributed by atoms with Crippen molar-refractivity contribution >= 4 is 11.8 Å². The highest BCUT2D eigenvalue weighted by molar-refractivity contribution is 5.86. The Balaban J connectivity index is 2.05. The second-order valence-electron chi connectivity index (χ2n) is 6.69. The Hall–Kier alpha value is -1.75. The molecule has 0 aliphatic heterocycles. The first-order chi connectivity index (χ1) is 9.67. The van der Waals surface area contributed by atoms with Crippen molar-refractivity contribution in [2.45, 2.75) is 57.7 Å². The molecule has 0 bridgehead atoms. The van der Waals surface area contributed by atoms with Crippen molar-refractivity contribution in [1.29, 1.82) is 0 Å². The fourth-order valence-electron chi connectivity index (χ4n) is 2.08. The molecule has 0 heterocycles. The van der Waals surface area contributed by atoms with Gasteiger partial charge >= 0.3 is 6.09 Å². The number of ether oxygens (including phenoxy) is 1. The molecular formula is C16H23NO4. The van der Waals surface area contributed by atoms with Gasteiger partial charge in [-0.1, -0.05) is 0 Å². The van der Waals surface area contributed by atoms with Gasteiger partial charge in [0.15, 0.2) is 0 Å². The maximum absolute atomic E-state index is 11.8. The number of benzene rings is 1. The number of hydrogen-bond acceptors (Lipinski definition) is 4. The van der Waals surface area contributed by atoms with E-state index in [2.05, 4.69) is 5.32 Å². The van der Waals surface area contributed by atoms with E-state index in [4.69, 9.17) is 4.74 Å². The van der Waals surface area contributed by atoms with Crippen molar-refractivity contribution < 1.29 is 19.7 Å². The highest BCUT2D eigenvalue weighted by atomic mass is 16.6. The van der Waals surface area contributed by atoms with Gasteiger partial charge in [-0.05, 0) is 70.2 Å². The van der Waals surface area contributed by atoms with E-state index in [9.17, 15) is 15.0 Å². The largest absolute Gasteiger partial charge is 0.508 e. The molecule has 1 aliphatic carbocycles. The number of carbonyl (C=O) groups is 1. The lowest BCUT2D eigenvalue weighted by molar-refractivity contribution is 0.0635. The van der Waals surface area contributed by atoms with E-state index in [-0.39, 0.29) is 5.75 Å². The molecule has 1 saturated carbocycles. The number of aromatic hydroxyl groups is 1. The van der Waals surface area contributed by atoms with E-state index in [0.29, 0.717) is 18.5 Å². The van der Waals surface area contributed by atoms with Crippen molar-refractivity contribution in [1.82, 2.24) is 0 Å². The number of phenolic OH excluding ortho intramolecular Hbond substituents is 1. The first-order valence-corrected chi connectivity index (χ1v) is 7.21. The van der Waals surface area contributed by atoms with E-state index in [1.807, 2.05) is 0 Å². The summed E-state index contributed by atoms with van der Waals surface area (Å²) in [6.45, 7) is 5.40. The van der Waals surface area contributed by atoms with Crippen LogP contribution >= 0.6 is 0 Å². The minimum atomic E-state index is -0.565. The molecule has 5 heteroatoms. The molecule has 3 N–H and O–H groups in total. The van der Waals surface area contributed by atoms with Gasteiger partial charge < -0.3 is 14.9 Å². The predicted molar refractivity (Wildman–Crippen MR) is 80.5 cm³/mol. The minimum absolute atomic E-state index is 0.141. The predicted octanol–water partition coefficient (Wildman–Crippen LogP) is 3.20. The number of aryl methyl sites for hydroxylation is 1. The Kier molecular flexibility index (Phi) is 4.14. The van der Waals surface area contributed by atoms with Gasteiger partial charge in [0.2, 0.25) is 0 Å². The summed E-state index contributed by atoms with van der Waals surface area (Å²) < 4.78 is 5.22. The molecule has 1 fully saturated rings. The average Bonchev–Trinajstić information content (AvgIpc) is 3.06. The Bertz CT molecular complexity index is 530. The number of phenols is 1. The number of nitrogens with one attached hydrogen (secondary N) is 1. The second kappa shape index (κ2) is 5.56. The summed E-state index contributed by atoms with van der Waals surface area (Å²) in [4.78, 5) is 11.8. The molecule has 0 atom stereocenters. The van der Waals surface area contributed by atoms with Crippen LogP contribution < -0.4 is 5.32 Å². The molecule has 1 aliphatic rings. The van der Waals surface area contributed by atoms with Crippen molar-refractivity contribution in [2.75, 3.05) is 5.32 Å². The Morgan fingerprint density at radius 1 is 1.38 bits per heavy atom. The van der Waals surface area contributed by atoms with Crippen LogP contribution in [-0.2, 0) is 11.2 Å². The summed E-state index contributed by atoms with van der Waals surface area (Å²) in [7, 11) is 0. The van der Waals surface area contributed by atoms with Crippen LogP contribution in [0.1, 0.15) is 45.6 Å². The maximum atomic E-state index is 11.8. The van der Waals surface area contributed by atoms with Crippen molar-refractivity contribution in [2.24, 2.45) is 0 Å². The first-order valence-electron chi connectivity index (χ1n) is 7.21. The zero-order valence-corrected chi connectivity index (χ0v) is 12.8. The lowest BCUT2D eigenvalue weighted by atomic mass is 10.0. The molecule has 1 aromatic rings. The summed E-state index contributed by atoms with van der Waals surface area (Å²) in [5.41, 5.74) is 0.270. The quantitative estimate of drug-likeness (QED) is 0.745. The van der Waals surface area contributed by atoms with Crippen LogP contribution in [0.15, 0.2) is 18.2 Å². The highest BCUT2D eigenvalue weighted by Crippen LogP contribution is 2.40. The van der Waals surface area contributed by atoms with Crippen LogP contribution in [0.2, 0.25) is 0 Å². The molecule has 21 heavy (non-hydrogen) atoms. The Morgan fingerprint density at radius 3 is 2.62 bits per heavy atom. The third-order valence-corrected chi connectivity index (χ3v) is 3.41. The van der Waals surface area contributed by atoms with Crippen LogP contribution in [0.5, 0.6) is 5.75 Å². The number of hydrogen-bond donors (Lipinski definition) is 3. The van der Waals surface area contributed by atoms with Gasteiger partial charge in [-0.25, -0.2) is 4.79 Å². The lowest BCUT2D eigenvalue weighted by Crippen LogP contribution is -2.27. The van der Waals surface area contributed by atoms with Crippen LogP contribution in [0.4, 0.5) is 10.5 Å². The van der Waals surface area contributed by atoms with Crippen molar-refractivity contribution in [3.63, 3.8) is 0 Å². The van der Waals surface area contributed by atoms with Crippen molar-refractivity contribution in [3.05, 3.63) is 23.8 Å². The molecule has 116 valence electrons. The summed E-state index contributed by atoms with van der Waals surface area (Å²) in [6, 6.07) is 4.77. The van der Waals surface area contributed by atoms with Crippen LogP contribution in [-0.4, -0.2) is 27.5 Å². The first kappa shape index (κ1) is 15.6. The topological polar surface area (TPSA) is 78.8 Å². The molecule has 1 amide bonds. The monoisotopic (exact) mass is 293 g/mol. The molecule has 2 rings (SSSR count). The third kappa shape index (κ3) is 4.93. The summed E-state index contributed by atoms with van der Waals surface area (Å²) >= 11 is 0. The van der Waals surface area contributed by atoms with E-state index < -0.39 is 17.3 Å². The molecule has 1 aromatic carbocycles. The summed E-state index contributed by atoms with van der Waals surface area (Å²) in [6.07, 6.45) is 2.33. The number of anilines is 1. The minimum Gasteiger partial charge on any atom is -0.508 e. The smallest absolute Gasteiger partial charge is 0.412 e. The average molecular weight is 293 g/mol. The summed E-state index contributed by atoms with van der Waals surface area (Å²) in [5.74, 6) is 0.141. The second-order valence-corrected chi connectivity index (χ2v) is 6.69. The number of carbonyl (C=O) groups excluding carboxylic acids is 1. The fraction of sp³-hybridized carbons (Fsp3) is 0.562. The Labute approximate surface area is 124 Å². The number of rotatable bonds is 4. The van der Waals surface area contributed by atoms with Gasteiger partial charge in [-0.15, -0.1) is 0 Å². The van der Waals surface area contributed by atoms with Crippen molar-refractivity contribution in [3.8, 4) is 5.75 Å². The van der Waals surface area contributed by atoms with Gasteiger partial charge in [-0.2, -0.15) is 0 Å². The van der Waals surface area contributed by atoms with E-state index in [1.54, 1.807) is 32.9 Å².